The number of nitrogens with zero attached hydrogens (tertiary/aromatic N) is 2. The fraction of sp³-hybridized carbons (Fsp3) is 0.353. The van der Waals surface area contributed by atoms with Crippen LogP contribution in [0.2, 0.25) is 0 Å². The Hall–Kier alpha value is -2.12. The van der Waals surface area contributed by atoms with Gasteiger partial charge >= 0.3 is 0 Å². The molecule has 0 spiro atoms. The lowest BCUT2D eigenvalue weighted by Gasteiger charge is -2.31. The van der Waals surface area contributed by atoms with Crippen LogP contribution in [0.5, 0.6) is 0 Å². The second-order valence-corrected chi connectivity index (χ2v) is 6.73. The van der Waals surface area contributed by atoms with E-state index < -0.39 is 0 Å². The largest absolute Gasteiger partial charge is 0.337 e. The van der Waals surface area contributed by atoms with Crippen molar-refractivity contribution in [2.75, 3.05) is 13.1 Å². The molecule has 3 rings (SSSR count). The lowest BCUT2D eigenvalue weighted by atomic mass is 9.90. The van der Waals surface area contributed by atoms with E-state index in [0.717, 1.165) is 12.8 Å². The van der Waals surface area contributed by atoms with Gasteiger partial charge in [-0.2, -0.15) is 0 Å². The van der Waals surface area contributed by atoms with Gasteiger partial charge in [-0.1, -0.05) is 0 Å². The van der Waals surface area contributed by atoms with E-state index in [0.29, 0.717) is 35.9 Å². The fourth-order valence-electron chi connectivity index (χ4n) is 2.89. The number of thiazole rings is 1. The molecule has 126 valence electrons. The number of aromatic nitrogens is 1. The van der Waals surface area contributed by atoms with Crippen molar-refractivity contribution in [1.29, 1.82) is 0 Å². The average Bonchev–Trinajstić information content (AvgIpc) is 3.10. The molecule has 1 fully saturated rings. The third-order valence-corrected chi connectivity index (χ3v) is 5.02. The molecule has 1 saturated heterocycles. The van der Waals surface area contributed by atoms with Crippen LogP contribution in [0, 0.1) is 11.7 Å². The summed E-state index contributed by atoms with van der Waals surface area (Å²) < 4.78 is 13.0. The van der Waals surface area contributed by atoms with E-state index in [2.05, 4.69) is 4.98 Å². The maximum Gasteiger partial charge on any atom is 0.273 e. The van der Waals surface area contributed by atoms with Crippen molar-refractivity contribution >= 4 is 23.0 Å². The van der Waals surface area contributed by atoms with E-state index in [9.17, 15) is 14.0 Å². The third-order valence-electron chi connectivity index (χ3n) is 4.15. The van der Waals surface area contributed by atoms with Crippen molar-refractivity contribution in [3.8, 4) is 0 Å². The number of ketones is 1. The lowest BCUT2D eigenvalue weighted by Crippen LogP contribution is -2.42. The molecule has 0 aliphatic carbocycles. The number of likely N-dealkylation sites (tertiary alicyclic amines) is 1. The van der Waals surface area contributed by atoms with Gasteiger partial charge in [0, 0.05) is 36.5 Å². The highest BCUT2D eigenvalue weighted by molar-refractivity contribution is 7.09. The zero-order valence-electron chi connectivity index (χ0n) is 13.1. The number of piperidine rings is 1. The maximum absolute atomic E-state index is 13.0. The van der Waals surface area contributed by atoms with E-state index in [4.69, 9.17) is 5.73 Å². The highest BCUT2D eigenvalue weighted by Gasteiger charge is 2.30. The molecule has 5 nitrogen and oxygen atoms in total. The van der Waals surface area contributed by atoms with Crippen molar-refractivity contribution < 1.29 is 14.0 Å². The normalized spacial score (nSPS) is 17.8. The standard InChI is InChI=1S/C17H18FN3O2S/c18-13-5-3-11(4-6-13)16(22)12-2-1-7-21(9-12)17(23)14-10-24-15(8-19)20-14/h3-6,10,12H,1-2,7-9,19H2. The third kappa shape index (κ3) is 3.52. The maximum atomic E-state index is 13.0. The molecule has 0 radical (unpaired) electrons. The Labute approximate surface area is 143 Å². The summed E-state index contributed by atoms with van der Waals surface area (Å²) >= 11 is 1.36. The Kier molecular flexibility index (Phi) is 5.01. The summed E-state index contributed by atoms with van der Waals surface area (Å²) in [6, 6.07) is 5.55. The SMILES string of the molecule is NCc1nc(C(=O)N2CCCC(C(=O)c3ccc(F)cc3)C2)cs1. The highest BCUT2D eigenvalue weighted by Crippen LogP contribution is 2.23. The van der Waals surface area contributed by atoms with Crippen LogP contribution in [-0.2, 0) is 6.54 Å². The number of carbonyl (C=O) groups excluding carboxylic acids is 2. The number of carbonyl (C=O) groups is 2. The highest BCUT2D eigenvalue weighted by atomic mass is 32.1. The van der Waals surface area contributed by atoms with Gasteiger partial charge in [0.25, 0.3) is 5.91 Å². The molecule has 1 aromatic carbocycles. The first-order chi connectivity index (χ1) is 11.6. The topological polar surface area (TPSA) is 76.3 Å². The van der Waals surface area contributed by atoms with Crippen LogP contribution in [-0.4, -0.2) is 34.7 Å². The van der Waals surface area contributed by atoms with Crippen LogP contribution in [0.4, 0.5) is 4.39 Å². The minimum atomic E-state index is -0.369. The summed E-state index contributed by atoms with van der Waals surface area (Å²) in [4.78, 5) is 31.0. The van der Waals surface area contributed by atoms with Crippen LogP contribution in [0.3, 0.4) is 0 Å². The van der Waals surface area contributed by atoms with Gasteiger partial charge in [0.15, 0.2) is 5.78 Å². The van der Waals surface area contributed by atoms with Crippen LogP contribution in [0.25, 0.3) is 0 Å². The molecule has 1 unspecified atom stereocenters. The molecule has 2 heterocycles. The van der Waals surface area contributed by atoms with E-state index in [1.165, 1.54) is 35.6 Å². The van der Waals surface area contributed by atoms with Crippen LogP contribution < -0.4 is 5.73 Å². The first-order valence-electron chi connectivity index (χ1n) is 7.82. The van der Waals surface area contributed by atoms with Gasteiger partial charge in [-0.3, -0.25) is 9.59 Å². The molecular formula is C17H18FN3O2S. The second kappa shape index (κ2) is 7.19. The monoisotopic (exact) mass is 347 g/mol. The second-order valence-electron chi connectivity index (χ2n) is 5.79. The molecule has 1 atom stereocenters. The predicted molar refractivity (Wildman–Crippen MR) is 89.4 cm³/mol. The number of benzene rings is 1. The van der Waals surface area contributed by atoms with Gasteiger partial charge in [0.05, 0.1) is 0 Å². The van der Waals surface area contributed by atoms with Gasteiger partial charge < -0.3 is 10.6 Å². The number of hydrogen-bond donors (Lipinski definition) is 1. The summed E-state index contributed by atoms with van der Waals surface area (Å²) in [5.74, 6) is -0.844. The number of hydrogen-bond acceptors (Lipinski definition) is 5. The van der Waals surface area contributed by atoms with Crippen LogP contribution in [0.15, 0.2) is 29.6 Å². The summed E-state index contributed by atoms with van der Waals surface area (Å²) in [5.41, 5.74) is 6.40. The minimum Gasteiger partial charge on any atom is -0.337 e. The Morgan fingerprint density at radius 2 is 2.08 bits per heavy atom. The first kappa shape index (κ1) is 16.7. The molecule has 2 aromatic rings. The molecule has 1 aromatic heterocycles. The van der Waals surface area contributed by atoms with E-state index in [1.807, 2.05) is 0 Å². The summed E-state index contributed by atoms with van der Waals surface area (Å²) in [7, 11) is 0. The smallest absolute Gasteiger partial charge is 0.273 e. The quantitative estimate of drug-likeness (QED) is 0.862. The molecule has 0 bridgehead atoms. The zero-order valence-corrected chi connectivity index (χ0v) is 13.9. The van der Waals surface area contributed by atoms with Gasteiger partial charge in [-0.25, -0.2) is 9.37 Å². The van der Waals surface area contributed by atoms with Gasteiger partial charge in [0.1, 0.15) is 16.5 Å². The van der Waals surface area contributed by atoms with Crippen LogP contribution >= 0.6 is 11.3 Å². The van der Waals surface area contributed by atoms with Gasteiger partial charge in [-0.15, -0.1) is 11.3 Å². The summed E-state index contributed by atoms with van der Waals surface area (Å²) in [6.07, 6.45) is 1.49. The Bertz CT molecular complexity index is 745. The van der Waals surface area contributed by atoms with E-state index in [1.54, 1.807) is 10.3 Å². The minimum absolute atomic E-state index is 0.0478. The number of halogens is 1. The summed E-state index contributed by atoms with van der Waals surface area (Å²) in [6.45, 7) is 1.29. The van der Waals surface area contributed by atoms with E-state index in [-0.39, 0.29) is 23.4 Å². The van der Waals surface area contributed by atoms with Crippen molar-refractivity contribution in [1.82, 2.24) is 9.88 Å². The number of Topliss-reactive ketones (excluding diaryl/α,β-unsaturated/α-hetero) is 1. The molecule has 7 heteroatoms. The first-order valence-corrected chi connectivity index (χ1v) is 8.70. The molecule has 1 aliphatic rings. The number of rotatable bonds is 4. The molecule has 2 N–H and O–H groups in total. The molecule has 1 amide bonds. The van der Waals surface area contributed by atoms with Crippen LogP contribution in [0.1, 0.15) is 38.7 Å². The molecule has 24 heavy (non-hydrogen) atoms. The molecule has 0 saturated carbocycles. The zero-order chi connectivity index (χ0) is 17.1. The average molecular weight is 347 g/mol. The Morgan fingerprint density at radius 1 is 1.33 bits per heavy atom. The fourth-order valence-corrected chi connectivity index (χ4v) is 3.54. The van der Waals surface area contributed by atoms with Gasteiger partial charge in [0.2, 0.25) is 0 Å². The Morgan fingerprint density at radius 3 is 2.75 bits per heavy atom. The van der Waals surface area contributed by atoms with Gasteiger partial charge in [-0.05, 0) is 37.1 Å². The molecular weight excluding hydrogens is 329 g/mol. The summed E-state index contributed by atoms with van der Waals surface area (Å²) in [5, 5.41) is 2.42. The van der Waals surface area contributed by atoms with Crippen molar-refractivity contribution in [2.24, 2.45) is 11.7 Å². The lowest BCUT2D eigenvalue weighted by molar-refractivity contribution is 0.0632. The number of amides is 1. The van der Waals surface area contributed by atoms with Crippen molar-refractivity contribution in [2.45, 2.75) is 19.4 Å². The van der Waals surface area contributed by atoms with Crippen molar-refractivity contribution in [3.05, 3.63) is 51.7 Å². The van der Waals surface area contributed by atoms with E-state index >= 15 is 0 Å². The molecule has 1 aliphatic heterocycles. The number of nitrogens with two attached hydrogens (primary N) is 1. The van der Waals surface area contributed by atoms with Crippen molar-refractivity contribution in [3.63, 3.8) is 0 Å². The predicted octanol–water partition coefficient (Wildman–Crippen LogP) is 2.48. The Balaban J connectivity index is 1.70.